The molecule has 0 atom stereocenters. The lowest BCUT2D eigenvalue weighted by Crippen LogP contribution is -2.00. The molecule has 1 N–H and O–H groups in total. The molecule has 18 heavy (non-hydrogen) atoms. The predicted molar refractivity (Wildman–Crippen MR) is 69.9 cm³/mol. The molecule has 0 heterocycles. The summed E-state index contributed by atoms with van der Waals surface area (Å²) in [5, 5.41) is 8.31. The van der Waals surface area contributed by atoms with E-state index in [1.54, 1.807) is 0 Å². The van der Waals surface area contributed by atoms with Gasteiger partial charge >= 0.3 is 11.9 Å². The third-order valence-electron chi connectivity index (χ3n) is 1.88. The van der Waals surface area contributed by atoms with Crippen molar-refractivity contribution in [2.75, 3.05) is 0 Å². The Morgan fingerprint density at radius 2 is 1.78 bits per heavy atom. The molecular weight excluding hydrogens is 300 g/mol. The highest BCUT2D eigenvalue weighted by Crippen LogP contribution is 2.11. The van der Waals surface area contributed by atoms with E-state index in [0.717, 1.165) is 22.2 Å². The van der Waals surface area contributed by atoms with Gasteiger partial charge in [-0.15, -0.1) is 0 Å². The number of ether oxygens (including phenoxy) is 1. The molecule has 0 bridgehead atoms. The number of carbonyl (C=O) groups excluding carboxylic acids is 1. The number of hydrogen-bond acceptors (Lipinski definition) is 3. The van der Waals surface area contributed by atoms with Gasteiger partial charge in [0.1, 0.15) is 6.61 Å². The first kappa shape index (κ1) is 14.2. The fourth-order valence-electron chi connectivity index (χ4n) is 1.06. The van der Waals surface area contributed by atoms with E-state index in [1.165, 1.54) is 12.2 Å². The molecule has 0 aromatic heterocycles. The van der Waals surface area contributed by atoms with E-state index in [-0.39, 0.29) is 6.61 Å². The van der Waals surface area contributed by atoms with Crippen molar-refractivity contribution in [1.29, 1.82) is 0 Å². The van der Waals surface area contributed by atoms with E-state index in [9.17, 15) is 9.59 Å². The van der Waals surface area contributed by atoms with Crippen molar-refractivity contribution in [1.82, 2.24) is 0 Å². The van der Waals surface area contributed by atoms with Crippen LogP contribution < -0.4 is 0 Å². The third kappa shape index (κ3) is 6.00. The first-order valence-corrected chi connectivity index (χ1v) is 5.86. The summed E-state index contributed by atoms with van der Waals surface area (Å²) in [5.41, 5.74) is 0.876. The first-order valence-electron chi connectivity index (χ1n) is 5.07. The Morgan fingerprint density at radius 1 is 1.17 bits per heavy atom. The highest BCUT2D eigenvalue weighted by molar-refractivity contribution is 9.10. The maximum atomic E-state index is 11.2. The number of aliphatic carboxylic acids is 1. The van der Waals surface area contributed by atoms with Crippen LogP contribution in [-0.2, 0) is 20.9 Å². The van der Waals surface area contributed by atoms with Gasteiger partial charge in [-0.1, -0.05) is 40.2 Å². The van der Waals surface area contributed by atoms with Crippen molar-refractivity contribution in [3.05, 3.63) is 58.6 Å². The number of carboxylic acids is 1. The minimum absolute atomic E-state index is 0.180. The van der Waals surface area contributed by atoms with Crippen LogP contribution in [0.4, 0.5) is 0 Å². The molecule has 1 rings (SSSR count). The quantitative estimate of drug-likeness (QED) is 0.516. The van der Waals surface area contributed by atoms with E-state index in [4.69, 9.17) is 9.84 Å². The molecule has 0 fully saturated rings. The second-order valence-electron chi connectivity index (χ2n) is 3.29. The Bertz CT molecular complexity index is 474. The average molecular weight is 311 g/mol. The molecule has 0 aliphatic rings. The molecule has 0 unspecified atom stereocenters. The van der Waals surface area contributed by atoms with E-state index in [2.05, 4.69) is 15.9 Å². The summed E-state index contributed by atoms with van der Waals surface area (Å²) in [7, 11) is 0. The molecule has 0 aliphatic heterocycles. The van der Waals surface area contributed by atoms with Gasteiger partial charge in [0.15, 0.2) is 0 Å². The standard InChI is InChI=1S/C13H11BrO4/c14-11-7-5-10(6-8-11)9-18-13(17)4-2-1-3-12(15)16/h1-8H,9H2,(H,15,16)/b3-1+,4-2-. The van der Waals surface area contributed by atoms with Crippen LogP contribution in [-0.4, -0.2) is 17.0 Å². The summed E-state index contributed by atoms with van der Waals surface area (Å²) in [4.78, 5) is 21.4. The zero-order valence-electron chi connectivity index (χ0n) is 9.38. The predicted octanol–water partition coefficient (Wildman–Crippen LogP) is 2.69. The van der Waals surface area contributed by atoms with E-state index < -0.39 is 11.9 Å². The number of rotatable bonds is 5. The number of esters is 1. The van der Waals surface area contributed by atoms with Gasteiger partial charge in [0.25, 0.3) is 0 Å². The van der Waals surface area contributed by atoms with Crippen molar-refractivity contribution < 1.29 is 19.4 Å². The SMILES string of the molecule is O=C(O)/C=C/C=C\C(=O)OCc1ccc(Br)cc1. The Morgan fingerprint density at radius 3 is 2.39 bits per heavy atom. The number of benzene rings is 1. The van der Waals surface area contributed by atoms with E-state index in [0.29, 0.717) is 0 Å². The summed E-state index contributed by atoms with van der Waals surface area (Å²) in [5.74, 6) is -1.59. The monoisotopic (exact) mass is 310 g/mol. The maximum absolute atomic E-state index is 11.2. The summed E-state index contributed by atoms with van der Waals surface area (Å²) in [6.07, 6.45) is 4.66. The normalized spacial score (nSPS) is 10.9. The van der Waals surface area contributed by atoms with Crippen molar-refractivity contribution in [3.63, 3.8) is 0 Å². The Balaban J connectivity index is 2.37. The zero-order chi connectivity index (χ0) is 13.4. The lowest BCUT2D eigenvalue weighted by Gasteiger charge is -2.01. The third-order valence-corrected chi connectivity index (χ3v) is 2.41. The molecule has 0 amide bonds. The van der Waals surface area contributed by atoms with Gasteiger partial charge in [-0.05, 0) is 17.7 Å². The summed E-state index contributed by atoms with van der Waals surface area (Å²) >= 11 is 3.30. The fraction of sp³-hybridized carbons (Fsp3) is 0.0769. The molecule has 0 spiro atoms. The number of carboxylic acid groups (broad SMARTS) is 1. The minimum Gasteiger partial charge on any atom is -0.478 e. The van der Waals surface area contributed by atoms with Gasteiger partial charge in [-0.3, -0.25) is 0 Å². The van der Waals surface area contributed by atoms with Gasteiger partial charge < -0.3 is 9.84 Å². The number of halogens is 1. The second-order valence-corrected chi connectivity index (χ2v) is 4.21. The van der Waals surface area contributed by atoms with Crippen molar-refractivity contribution >= 4 is 27.9 Å². The number of carbonyl (C=O) groups is 2. The summed E-state index contributed by atoms with van der Waals surface area (Å²) in [6.45, 7) is 0.180. The van der Waals surface area contributed by atoms with Crippen molar-refractivity contribution in [2.24, 2.45) is 0 Å². The molecule has 0 aliphatic carbocycles. The smallest absolute Gasteiger partial charge is 0.331 e. The Kier molecular flexibility index (Phi) is 5.87. The molecule has 1 aromatic carbocycles. The lowest BCUT2D eigenvalue weighted by atomic mass is 10.2. The maximum Gasteiger partial charge on any atom is 0.331 e. The van der Waals surface area contributed by atoms with Crippen LogP contribution in [0, 0.1) is 0 Å². The second kappa shape index (κ2) is 7.45. The van der Waals surface area contributed by atoms with Crippen LogP contribution in [0.1, 0.15) is 5.56 Å². The van der Waals surface area contributed by atoms with E-state index in [1.807, 2.05) is 24.3 Å². The average Bonchev–Trinajstić information content (AvgIpc) is 2.34. The Hall–Kier alpha value is -1.88. The van der Waals surface area contributed by atoms with Gasteiger partial charge in [-0.25, -0.2) is 9.59 Å². The molecule has 5 heteroatoms. The summed E-state index contributed by atoms with van der Waals surface area (Å²) in [6, 6.07) is 7.39. The highest BCUT2D eigenvalue weighted by atomic mass is 79.9. The fourth-order valence-corrected chi connectivity index (χ4v) is 1.32. The van der Waals surface area contributed by atoms with Crippen LogP contribution in [0.2, 0.25) is 0 Å². The minimum atomic E-state index is -1.07. The topological polar surface area (TPSA) is 63.6 Å². The molecule has 1 aromatic rings. The van der Waals surface area contributed by atoms with Crippen LogP contribution in [0.25, 0.3) is 0 Å². The van der Waals surface area contributed by atoms with Gasteiger partial charge in [0, 0.05) is 16.6 Å². The first-order chi connectivity index (χ1) is 8.58. The number of hydrogen-bond donors (Lipinski definition) is 1. The van der Waals surface area contributed by atoms with Crippen molar-refractivity contribution in [3.8, 4) is 0 Å². The molecule has 0 radical (unpaired) electrons. The summed E-state index contributed by atoms with van der Waals surface area (Å²) < 4.78 is 5.91. The van der Waals surface area contributed by atoms with Crippen LogP contribution in [0.3, 0.4) is 0 Å². The Labute approximate surface area is 113 Å². The van der Waals surface area contributed by atoms with Crippen LogP contribution >= 0.6 is 15.9 Å². The van der Waals surface area contributed by atoms with Gasteiger partial charge in [0.05, 0.1) is 0 Å². The van der Waals surface area contributed by atoms with E-state index >= 15 is 0 Å². The molecule has 0 saturated heterocycles. The van der Waals surface area contributed by atoms with Gasteiger partial charge in [-0.2, -0.15) is 0 Å². The number of allylic oxidation sites excluding steroid dienone is 2. The molecular formula is C13H11BrO4. The van der Waals surface area contributed by atoms with Crippen molar-refractivity contribution in [2.45, 2.75) is 6.61 Å². The van der Waals surface area contributed by atoms with Crippen LogP contribution in [0.15, 0.2) is 53.0 Å². The molecule has 4 nitrogen and oxygen atoms in total. The molecule has 94 valence electrons. The lowest BCUT2D eigenvalue weighted by molar-refractivity contribution is -0.139. The van der Waals surface area contributed by atoms with Gasteiger partial charge in [0.2, 0.25) is 0 Å². The van der Waals surface area contributed by atoms with Crippen LogP contribution in [0.5, 0.6) is 0 Å². The zero-order valence-corrected chi connectivity index (χ0v) is 11.0. The molecule has 0 saturated carbocycles. The largest absolute Gasteiger partial charge is 0.478 e. The highest BCUT2D eigenvalue weighted by Gasteiger charge is 1.98.